The Morgan fingerprint density at radius 1 is 1.50 bits per heavy atom. The summed E-state index contributed by atoms with van der Waals surface area (Å²) in [5, 5.41) is 11.6. The van der Waals surface area contributed by atoms with Gasteiger partial charge in [-0.2, -0.15) is 0 Å². The van der Waals surface area contributed by atoms with Gasteiger partial charge in [0.05, 0.1) is 23.1 Å². The highest BCUT2D eigenvalue weighted by atomic mass is 32.1. The van der Waals surface area contributed by atoms with E-state index in [0.29, 0.717) is 33.5 Å². The Hall–Kier alpha value is -2.10. The minimum absolute atomic E-state index is 0.00529. The molecule has 1 atom stereocenters. The van der Waals surface area contributed by atoms with Gasteiger partial charge in [-0.15, -0.1) is 11.3 Å². The zero-order chi connectivity index (χ0) is 16.8. The van der Waals surface area contributed by atoms with Gasteiger partial charge in [0.25, 0.3) is 11.2 Å². The summed E-state index contributed by atoms with van der Waals surface area (Å²) in [5.41, 5.74) is 0.385. The molecule has 1 fully saturated rings. The first-order chi connectivity index (χ1) is 11.5. The summed E-state index contributed by atoms with van der Waals surface area (Å²) in [5.74, 6) is 0. The minimum atomic E-state index is -0.448. The van der Waals surface area contributed by atoms with Gasteiger partial charge >= 0.3 is 0 Å². The van der Waals surface area contributed by atoms with E-state index in [1.807, 2.05) is 0 Å². The highest BCUT2D eigenvalue weighted by Gasteiger charge is 2.20. The second-order valence-electron chi connectivity index (χ2n) is 5.72. The first-order valence-electron chi connectivity index (χ1n) is 7.50. The van der Waals surface area contributed by atoms with Crippen molar-refractivity contribution in [2.75, 3.05) is 6.61 Å². The smallest absolute Gasteiger partial charge is 0.272 e. The van der Waals surface area contributed by atoms with Crippen LogP contribution in [0.5, 0.6) is 0 Å². The Morgan fingerprint density at radius 3 is 3.04 bits per heavy atom. The molecule has 3 heterocycles. The fraction of sp³-hybridized carbons (Fsp3) is 0.333. The van der Waals surface area contributed by atoms with Crippen LogP contribution in [-0.2, 0) is 11.3 Å². The summed E-state index contributed by atoms with van der Waals surface area (Å²) < 4.78 is 8.77. The third-order valence-corrected chi connectivity index (χ3v) is 5.69. The van der Waals surface area contributed by atoms with Gasteiger partial charge in [-0.3, -0.25) is 19.5 Å². The van der Waals surface area contributed by atoms with Gasteiger partial charge < -0.3 is 9.72 Å². The van der Waals surface area contributed by atoms with E-state index < -0.39 is 4.92 Å². The number of thiophene rings is 1. The van der Waals surface area contributed by atoms with Crippen molar-refractivity contribution in [2.45, 2.75) is 25.5 Å². The van der Waals surface area contributed by atoms with Crippen LogP contribution in [0.3, 0.4) is 0 Å². The lowest BCUT2D eigenvalue weighted by atomic mass is 10.2. The SMILES string of the molecule is O=c1c2sc3ccc([N+](=O)[O-])cc3c2[nH]c(=S)n1C[C@@H]1CCCO1. The van der Waals surface area contributed by atoms with E-state index in [9.17, 15) is 14.9 Å². The Morgan fingerprint density at radius 2 is 2.33 bits per heavy atom. The van der Waals surface area contributed by atoms with Crippen LogP contribution in [0.1, 0.15) is 12.8 Å². The zero-order valence-corrected chi connectivity index (χ0v) is 14.1. The molecule has 1 saturated heterocycles. The maximum absolute atomic E-state index is 12.8. The molecule has 1 aromatic carbocycles. The van der Waals surface area contributed by atoms with Crippen LogP contribution in [0.2, 0.25) is 0 Å². The average Bonchev–Trinajstić information content (AvgIpc) is 3.18. The molecule has 1 aliphatic rings. The van der Waals surface area contributed by atoms with Gasteiger partial charge in [-0.1, -0.05) is 0 Å². The van der Waals surface area contributed by atoms with E-state index in [4.69, 9.17) is 17.0 Å². The quantitative estimate of drug-likeness (QED) is 0.438. The summed E-state index contributed by atoms with van der Waals surface area (Å²) in [6, 6.07) is 4.58. The van der Waals surface area contributed by atoms with Crippen LogP contribution in [0.4, 0.5) is 5.69 Å². The van der Waals surface area contributed by atoms with Crippen molar-refractivity contribution in [2.24, 2.45) is 0 Å². The van der Waals surface area contributed by atoms with Crippen molar-refractivity contribution in [3.05, 3.63) is 43.4 Å². The number of nitro benzene ring substituents is 1. The number of aromatic nitrogens is 2. The molecule has 0 unspecified atom stereocenters. The maximum Gasteiger partial charge on any atom is 0.272 e. The highest BCUT2D eigenvalue weighted by molar-refractivity contribution is 7.71. The van der Waals surface area contributed by atoms with Crippen LogP contribution in [0.25, 0.3) is 20.3 Å². The Balaban J connectivity index is 1.92. The molecule has 0 spiro atoms. The molecule has 7 nitrogen and oxygen atoms in total. The molecule has 0 bridgehead atoms. The van der Waals surface area contributed by atoms with Gasteiger partial charge in [-0.25, -0.2) is 0 Å². The van der Waals surface area contributed by atoms with Crippen molar-refractivity contribution >= 4 is 49.5 Å². The molecule has 3 aromatic rings. The molecule has 1 N–H and O–H groups in total. The van der Waals surface area contributed by atoms with E-state index in [0.717, 1.165) is 17.5 Å². The monoisotopic (exact) mass is 363 g/mol. The van der Waals surface area contributed by atoms with Gasteiger partial charge in [0.15, 0.2) is 4.77 Å². The van der Waals surface area contributed by atoms with Crippen molar-refractivity contribution in [1.82, 2.24) is 9.55 Å². The van der Waals surface area contributed by atoms with Gasteiger partial charge in [0.2, 0.25) is 0 Å². The fourth-order valence-corrected chi connectivity index (χ4v) is 4.37. The first-order valence-corrected chi connectivity index (χ1v) is 8.72. The van der Waals surface area contributed by atoms with Gasteiger partial charge in [0, 0.05) is 28.8 Å². The van der Waals surface area contributed by atoms with E-state index in [1.165, 1.54) is 28.0 Å². The second kappa shape index (κ2) is 5.76. The molecule has 0 saturated carbocycles. The first kappa shape index (κ1) is 15.4. The minimum Gasteiger partial charge on any atom is -0.376 e. The largest absolute Gasteiger partial charge is 0.376 e. The van der Waals surface area contributed by atoms with E-state index >= 15 is 0 Å². The lowest BCUT2D eigenvalue weighted by molar-refractivity contribution is -0.384. The average molecular weight is 363 g/mol. The number of nitrogens with zero attached hydrogens (tertiary/aromatic N) is 2. The molecule has 0 amide bonds. The van der Waals surface area contributed by atoms with Crippen LogP contribution in [-0.4, -0.2) is 27.2 Å². The van der Waals surface area contributed by atoms with Crippen LogP contribution >= 0.6 is 23.6 Å². The fourth-order valence-electron chi connectivity index (χ4n) is 3.02. The third-order valence-electron chi connectivity index (χ3n) is 4.21. The number of aromatic amines is 1. The molecular weight excluding hydrogens is 350 g/mol. The zero-order valence-electron chi connectivity index (χ0n) is 12.5. The number of nitrogens with one attached hydrogen (secondary N) is 1. The van der Waals surface area contributed by atoms with Crippen molar-refractivity contribution in [3.8, 4) is 0 Å². The maximum atomic E-state index is 12.8. The number of fused-ring (bicyclic) bond motifs is 3. The molecule has 9 heteroatoms. The Labute approximate surface area is 144 Å². The molecule has 0 radical (unpaired) electrons. The molecule has 1 aliphatic heterocycles. The normalized spacial score (nSPS) is 17.8. The summed E-state index contributed by atoms with van der Waals surface area (Å²) in [7, 11) is 0. The van der Waals surface area contributed by atoms with Gasteiger partial charge in [-0.05, 0) is 31.1 Å². The molecule has 124 valence electrons. The predicted molar refractivity (Wildman–Crippen MR) is 94.4 cm³/mol. The summed E-state index contributed by atoms with van der Waals surface area (Å²) in [4.78, 5) is 26.4. The van der Waals surface area contributed by atoms with E-state index in [2.05, 4.69) is 4.98 Å². The molecule has 0 aliphatic carbocycles. The number of rotatable bonds is 3. The van der Waals surface area contributed by atoms with Crippen molar-refractivity contribution < 1.29 is 9.66 Å². The van der Waals surface area contributed by atoms with E-state index in [1.54, 1.807) is 6.07 Å². The summed E-state index contributed by atoms with van der Waals surface area (Å²) in [6.07, 6.45) is 1.91. The number of hydrogen-bond donors (Lipinski definition) is 1. The number of nitro groups is 1. The van der Waals surface area contributed by atoms with Crippen LogP contribution < -0.4 is 5.56 Å². The molecular formula is C15H13N3O4S2. The predicted octanol–water partition coefficient (Wildman–Crippen LogP) is 3.36. The van der Waals surface area contributed by atoms with E-state index in [-0.39, 0.29) is 17.4 Å². The summed E-state index contributed by atoms with van der Waals surface area (Å²) in [6.45, 7) is 1.14. The lowest BCUT2D eigenvalue weighted by Gasteiger charge is -2.11. The molecule has 2 aromatic heterocycles. The second-order valence-corrected chi connectivity index (χ2v) is 7.16. The van der Waals surface area contributed by atoms with Crippen LogP contribution in [0, 0.1) is 14.9 Å². The number of hydrogen-bond acceptors (Lipinski definition) is 6. The van der Waals surface area contributed by atoms with Crippen molar-refractivity contribution in [3.63, 3.8) is 0 Å². The number of H-pyrrole nitrogens is 1. The van der Waals surface area contributed by atoms with Crippen LogP contribution in [0.15, 0.2) is 23.0 Å². The lowest BCUT2D eigenvalue weighted by Crippen LogP contribution is -2.27. The molecule has 4 rings (SSSR count). The Kier molecular flexibility index (Phi) is 3.70. The summed E-state index contributed by atoms with van der Waals surface area (Å²) >= 11 is 6.65. The third kappa shape index (κ3) is 2.45. The topological polar surface area (TPSA) is 90.2 Å². The Bertz CT molecular complexity index is 1080. The number of ether oxygens (including phenoxy) is 1. The molecule has 24 heavy (non-hydrogen) atoms. The van der Waals surface area contributed by atoms with Gasteiger partial charge in [0.1, 0.15) is 4.70 Å². The highest BCUT2D eigenvalue weighted by Crippen LogP contribution is 2.33. The standard InChI is InChI=1S/C15H13N3O4S2/c19-14-13-12(10-6-8(18(20)21)3-4-11(10)24-13)16-15(23)17(14)7-9-2-1-5-22-9/h3-4,6,9H,1-2,5,7H2,(H,16,23)/t9-/m0/s1. The number of non-ortho nitro benzene ring substituents is 1. The van der Waals surface area contributed by atoms with Crippen molar-refractivity contribution in [1.29, 1.82) is 0 Å². The number of benzene rings is 1.